The Labute approximate surface area is 144 Å². The number of aromatic nitrogens is 1. The monoisotopic (exact) mass is 347 g/mol. The van der Waals surface area contributed by atoms with Crippen molar-refractivity contribution in [1.29, 1.82) is 0 Å². The number of carbonyl (C=O) groups excluding carboxylic acids is 2. The molecule has 0 spiro atoms. The third-order valence-electron chi connectivity index (χ3n) is 4.90. The van der Waals surface area contributed by atoms with Crippen LogP contribution in [-0.2, 0) is 4.79 Å². The van der Waals surface area contributed by atoms with Crippen LogP contribution in [0.1, 0.15) is 29.6 Å². The van der Waals surface area contributed by atoms with Crippen molar-refractivity contribution in [1.82, 2.24) is 10.3 Å². The standard InChI is InChI=1S/C16H21N5O4/c17-14(22)11-2-1-5-18-15(11)20-6-3-10(4-7-20)9-19-16(23)12-8-13(12)21(24)25/h1-2,5,10,12-13H,3-4,6-9H2,(H2,17,22)(H,19,23)/t12-,13-/m1/s1. The van der Waals surface area contributed by atoms with E-state index in [4.69, 9.17) is 5.73 Å². The number of nitrogens with two attached hydrogens (primary N) is 1. The van der Waals surface area contributed by atoms with Gasteiger partial charge in [-0.05, 0) is 30.9 Å². The average Bonchev–Trinajstić information content (AvgIpc) is 3.41. The number of pyridine rings is 1. The van der Waals surface area contributed by atoms with Crippen molar-refractivity contribution in [2.45, 2.75) is 25.3 Å². The maximum atomic E-state index is 11.9. The van der Waals surface area contributed by atoms with Crippen LogP contribution in [0.5, 0.6) is 0 Å². The molecule has 2 aliphatic rings. The molecule has 0 radical (unpaired) electrons. The summed E-state index contributed by atoms with van der Waals surface area (Å²) >= 11 is 0. The lowest BCUT2D eigenvalue weighted by Crippen LogP contribution is -2.40. The van der Waals surface area contributed by atoms with Gasteiger partial charge in [-0.15, -0.1) is 0 Å². The molecule has 2 amide bonds. The predicted molar refractivity (Wildman–Crippen MR) is 89.6 cm³/mol. The highest BCUT2D eigenvalue weighted by Gasteiger charge is 2.53. The minimum atomic E-state index is -0.710. The van der Waals surface area contributed by atoms with E-state index in [9.17, 15) is 19.7 Å². The van der Waals surface area contributed by atoms with Crippen LogP contribution in [-0.4, -0.2) is 47.4 Å². The van der Waals surface area contributed by atoms with Gasteiger partial charge in [-0.3, -0.25) is 19.7 Å². The second-order valence-electron chi connectivity index (χ2n) is 6.61. The van der Waals surface area contributed by atoms with E-state index in [-0.39, 0.29) is 10.8 Å². The Morgan fingerprint density at radius 3 is 2.72 bits per heavy atom. The van der Waals surface area contributed by atoms with E-state index in [0.29, 0.717) is 30.3 Å². The van der Waals surface area contributed by atoms with Gasteiger partial charge in [-0.2, -0.15) is 0 Å². The normalized spacial score (nSPS) is 23.1. The number of hydrogen-bond acceptors (Lipinski definition) is 6. The molecule has 9 heteroatoms. The molecule has 0 bridgehead atoms. The quantitative estimate of drug-likeness (QED) is 0.557. The lowest BCUT2D eigenvalue weighted by molar-refractivity contribution is -0.497. The third kappa shape index (κ3) is 3.86. The summed E-state index contributed by atoms with van der Waals surface area (Å²) in [5.74, 6) is -0.271. The number of nitrogens with zero attached hydrogens (tertiary/aromatic N) is 3. The first kappa shape index (κ1) is 17.1. The number of nitrogens with one attached hydrogen (secondary N) is 1. The number of piperidine rings is 1. The molecule has 25 heavy (non-hydrogen) atoms. The maximum absolute atomic E-state index is 11.9. The van der Waals surface area contributed by atoms with E-state index in [1.807, 2.05) is 4.90 Å². The fraction of sp³-hybridized carbons (Fsp3) is 0.562. The molecule has 3 rings (SSSR count). The zero-order valence-electron chi connectivity index (χ0n) is 13.8. The van der Waals surface area contributed by atoms with E-state index in [2.05, 4.69) is 10.3 Å². The molecule has 1 aliphatic heterocycles. The van der Waals surface area contributed by atoms with Gasteiger partial charge in [0.1, 0.15) is 11.7 Å². The molecule has 9 nitrogen and oxygen atoms in total. The minimum absolute atomic E-state index is 0.218. The molecule has 1 saturated carbocycles. The zero-order chi connectivity index (χ0) is 18.0. The van der Waals surface area contributed by atoms with Gasteiger partial charge in [0.05, 0.1) is 5.56 Å². The van der Waals surface area contributed by atoms with Gasteiger partial charge in [-0.25, -0.2) is 4.98 Å². The first-order valence-corrected chi connectivity index (χ1v) is 8.38. The number of anilines is 1. The molecule has 0 unspecified atom stereocenters. The van der Waals surface area contributed by atoms with Crippen molar-refractivity contribution in [3.05, 3.63) is 34.0 Å². The average molecular weight is 347 g/mol. The van der Waals surface area contributed by atoms with E-state index in [0.717, 1.165) is 25.9 Å². The fourth-order valence-electron chi connectivity index (χ4n) is 3.26. The lowest BCUT2D eigenvalue weighted by Gasteiger charge is -2.33. The summed E-state index contributed by atoms with van der Waals surface area (Å²) in [5.41, 5.74) is 5.81. The summed E-state index contributed by atoms with van der Waals surface area (Å²) in [6, 6.07) is 2.64. The summed E-state index contributed by atoms with van der Waals surface area (Å²) in [7, 11) is 0. The molecule has 0 aromatic carbocycles. The summed E-state index contributed by atoms with van der Waals surface area (Å²) in [6.07, 6.45) is 3.67. The molecule has 1 aromatic rings. The van der Waals surface area contributed by atoms with Gasteiger partial charge in [0.15, 0.2) is 0 Å². The van der Waals surface area contributed by atoms with E-state index in [1.54, 1.807) is 18.3 Å². The van der Waals surface area contributed by atoms with Gasteiger partial charge < -0.3 is 16.0 Å². The molecule has 2 atom stereocenters. The van der Waals surface area contributed by atoms with Gasteiger partial charge in [-0.1, -0.05) is 0 Å². The summed E-state index contributed by atoms with van der Waals surface area (Å²) in [4.78, 5) is 39.9. The van der Waals surface area contributed by atoms with Crippen molar-refractivity contribution in [3.63, 3.8) is 0 Å². The number of nitro groups is 1. The molecule has 3 N–H and O–H groups in total. The van der Waals surface area contributed by atoms with Gasteiger partial charge >= 0.3 is 0 Å². The first-order valence-electron chi connectivity index (χ1n) is 8.38. The van der Waals surface area contributed by atoms with Crippen LogP contribution in [0.2, 0.25) is 0 Å². The van der Waals surface area contributed by atoms with E-state index < -0.39 is 17.9 Å². The van der Waals surface area contributed by atoms with E-state index >= 15 is 0 Å². The second-order valence-corrected chi connectivity index (χ2v) is 6.61. The van der Waals surface area contributed by atoms with Crippen LogP contribution < -0.4 is 16.0 Å². The molecule has 1 aliphatic carbocycles. The topological polar surface area (TPSA) is 131 Å². The Hall–Kier alpha value is -2.71. The minimum Gasteiger partial charge on any atom is -0.365 e. The summed E-state index contributed by atoms with van der Waals surface area (Å²) < 4.78 is 0. The molecular formula is C16H21N5O4. The van der Waals surface area contributed by atoms with Crippen molar-refractivity contribution in [3.8, 4) is 0 Å². The second kappa shape index (κ2) is 7.04. The van der Waals surface area contributed by atoms with Crippen LogP contribution >= 0.6 is 0 Å². The maximum Gasteiger partial charge on any atom is 0.252 e. The highest BCUT2D eigenvalue weighted by Crippen LogP contribution is 2.33. The highest BCUT2D eigenvalue weighted by atomic mass is 16.6. The highest BCUT2D eigenvalue weighted by molar-refractivity contribution is 5.97. The number of carbonyl (C=O) groups is 2. The summed E-state index contributed by atoms with van der Waals surface area (Å²) in [6.45, 7) is 1.97. The Bertz CT molecular complexity index is 687. The Morgan fingerprint density at radius 1 is 1.40 bits per heavy atom. The third-order valence-corrected chi connectivity index (χ3v) is 4.90. The first-order chi connectivity index (χ1) is 12.0. The van der Waals surface area contributed by atoms with Crippen molar-refractivity contribution < 1.29 is 14.5 Å². The summed E-state index contributed by atoms with van der Waals surface area (Å²) in [5, 5.41) is 13.4. The predicted octanol–water partition coefficient (Wildman–Crippen LogP) is 0.178. The number of primary amides is 1. The van der Waals surface area contributed by atoms with Crippen LogP contribution in [0, 0.1) is 22.0 Å². The van der Waals surface area contributed by atoms with Crippen LogP contribution in [0.4, 0.5) is 5.82 Å². The molecule has 2 fully saturated rings. The van der Waals surface area contributed by atoms with Crippen molar-refractivity contribution in [2.75, 3.05) is 24.5 Å². The van der Waals surface area contributed by atoms with E-state index in [1.165, 1.54) is 0 Å². The Morgan fingerprint density at radius 2 is 2.12 bits per heavy atom. The fourth-order valence-corrected chi connectivity index (χ4v) is 3.26. The number of hydrogen-bond donors (Lipinski definition) is 2. The Kier molecular flexibility index (Phi) is 4.82. The van der Waals surface area contributed by atoms with Crippen LogP contribution in [0.15, 0.2) is 18.3 Å². The SMILES string of the molecule is NC(=O)c1cccnc1N1CCC(CNC(=O)[C@@H]2C[C@H]2[N+](=O)[O-])CC1. The molecule has 2 heterocycles. The largest absolute Gasteiger partial charge is 0.365 e. The Balaban J connectivity index is 1.47. The van der Waals surface area contributed by atoms with Gasteiger partial charge in [0.2, 0.25) is 11.9 Å². The van der Waals surface area contributed by atoms with Gasteiger partial charge in [0, 0.05) is 37.2 Å². The van der Waals surface area contributed by atoms with Gasteiger partial charge in [0.25, 0.3) is 5.91 Å². The molecule has 1 saturated heterocycles. The molecule has 1 aromatic heterocycles. The van der Waals surface area contributed by atoms with Crippen LogP contribution in [0.3, 0.4) is 0 Å². The van der Waals surface area contributed by atoms with Crippen molar-refractivity contribution >= 4 is 17.6 Å². The molecular weight excluding hydrogens is 326 g/mol. The number of amides is 2. The smallest absolute Gasteiger partial charge is 0.252 e. The number of rotatable bonds is 6. The lowest BCUT2D eigenvalue weighted by atomic mass is 9.96. The van der Waals surface area contributed by atoms with Crippen LogP contribution in [0.25, 0.3) is 0 Å². The zero-order valence-corrected chi connectivity index (χ0v) is 13.8. The molecule has 134 valence electrons. The van der Waals surface area contributed by atoms with Crippen molar-refractivity contribution in [2.24, 2.45) is 17.6 Å².